The first-order valence-corrected chi connectivity index (χ1v) is 8.29. The minimum atomic E-state index is -3.55. The molecule has 2 aromatic carbocycles. The molecule has 20 heavy (non-hydrogen) atoms. The maximum absolute atomic E-state index is 12.3. The molecule has 0 aliphatic carbocycles. The summed E-state index contributed by atoms with van der Waals surface area (Å²) in [6, 6.07) is 13.3. The number of benzene rings is 2. The predicted octanol–water partition coefficient (Wildman–Crippen LogP) is 3.07. The Morgan fingerprint density at radius 2 is 1.80 bits per heavy atom. The Hall–Kier alpha value is -1.37. The van der Waals surface area contributed by atoms with E-state index in [4.69, 9.17) is 5.73 Å². The highest BCUT2D eigenvalue weighted by molar-refractivity contribution is 9.10. The van der Waals surface area contributed by atoms with Crippen molar-refractivity contribution in [3.05, 3.63) is 58.6 Å². The van der Waals surface area contributed by atoms with E-state index in [-0.39, 0.29) is 10.9 Å². The summed E-state index contributed by atoms with van der Waals surface area (Å²) < 4.78 is 28.0. The van der Waals surface area contributed by atoms with Crippen molar-refractivity contribution in [1.29, 1.82) is 0 Å². The molecule has 0 saturated heterocycles. The SMILES string of the molecule is CC(NS(=O)(=O)c1ccc(Br)cc1)c1cccc(N)c1. The Morgan fingerprint density at radius 1 is 1.15 bits per heavy atom. The van der Waals surface area contributed by atoms with Gasteiger partial charge in [0.05, 0.1) is 4.90 Å². The summed E-state index contributed by atoms with van der Waals surface area (Å²) in [7, 11) is -3.55. The fourth-order valence-electron chi connectivity index (χ4n) is 1.81. The number of anilines is 1. The first-order chi connectivity index (χ1) is 9.38. The van der Waals surface area contributed by atoms with Crippen LogP contribution in [0.3, 0.4) is 0 Å². The molecule has 0 saturated carbocycles. The summed E-state index contributed by atoms with van der Waals surface area (Å²) in [5.74, 6) is 0. The van der Waals surface area contributed by atoms with Gasteiger partial charge in [-0.1, -0.05) is 28.1 Å². The van der Waals surface area contributed by atoms with Gasteiger partial charge in [-0.05, 0) is 48.9 Å². The van der Waals surface area contributed by atoms with Gasteiger partial charge in [-0.2, -0.15) is 0 Å². The van der Waals surface area contributed by atoms with Crippen molar-refractivity contribution >= 4 is 31.6 Å². The number of nitrogen functional groups attached to an aromatic ring is 1. The van der Waals surface area contributed by atoms with Gasteiger partial charge < -0.3 is 5.73 Å². The van der Waals surface area contributed by atoms with E-state index >= 15 is 0 Å². The van der Waals surface area contributed by atoms with Gasteiger partial charge in [-0.25, -0.2) is 13.1 Å². The number of nitrogens with two attached hydrogens (primary N) is 1. The fourth-order valence-corrected chi connectivity index (χ4v) is 3.31. The Kier molecular flexibility index (Phi) is 4.47. The van der Waals surface area contributed by atoms with E-state index in [1.165, 1.54) is 0 Å². The summed E-state index contributed by atoms with van der Waals surface area (Å²) in [5.41, 5.74) is 7.14. The molecule has 0 aromatic heterocycles. The molecular formula is C14H15BrN2O2S. The van der Waals surface area contributed by atoms with Crippen LogP contribution in [0.25, 0.3) is 0 Å². The van der Waals surface area contributed by atoms with Crippen molar-refractivity contribution < 1.29 is 8.42 Å². The molecule has 3 N–H and O–H groups in total. The van der Waals surface area contributed by atoms with Crippen LogP contribution < -0.4 is 10.5 Å². The van der Waals surface area contributed by atoms with Gasteiger partial charge in [0.15, 0.2) is 0 Å². The number of nitrogens with one attached hydrogen (secondary N) is 1. The van der Waals surface area contributed by atoms with Crippen LogP contribution in [0.5, 0.6) is 0 Å². The van der Waals surface area contributed by atoms with Crippen LogP contribution in [0.4, 0.5) is 5.69 Å². The lowest BCUT2D eigenvalue weighted by Crippen LogP contribution is -2.26. The second-order valence-electron chi connectivity index (χ2n) is 4.47. The quantitative estimate of drug-likeness (QED) is 0.828. The molecule has 0 bridgehead atoms. The maximum atomic E-state index is 12.3. The van der Waals surface area contributed by atoms with Crippen LogP contribution in [-0.4, -0.2) is 8.42 Å². The molecule has 2 rings (SSSR count). The number of halogens is 1. The Balaban J connectivity index is 2.22. The monoisotopic (exact) mass is 354 g/mol. The molecule has 0 aliphatic rings. The number of sulfonamides is 1. The average molecular weight is 355 g/mol. The standard InChI is InChI=1S/C14H15BrN2O2S/c1-10(11-3-2-4-13(16)9-11)17-20(18,19)14-7-5-12(15)6-8-14/h2-10,17H,16H2,1H3. The Labute approximate surface area is 127 Å². The predicted molar refractivity (Wildman–Crippen MR) is 83.7 cm³/mol. The molecule has 0 radical (unpaired) electrons. The zero-order valence-corrected chi connectivity index (χ0v) is 13.3. The molecule has 1 atom stereocenters. The highest BCUT2D eigenvalue weighted by atomic mass is 79.9. The normalized spacial score (nSPS) is 13.1. The minimum Gasteiger partial charge on any atom is -0.399 e. The number of hydrogen-bond acceptors (Lipinski definition) is 3. The molecule has 1 unspecified atom stereocenters. The summed E-state index contributed by atoms with van der Waals surface area (Å²) in [6.45, 7) is 1.78. The highest BCUT2D eigenvalue weighted by Gasteiger charge is 2.18. The van der Waals surface area contributed by atoms with Gasteiger partial charge in [0.2, 0.25) is 10.0 Å². The summed E-state index contributed by atoms with van der Waals surface area (Å²) in [6.07, 6.45) is 0. The molecule has 0 heterocycles. The van der Waals surface area contributed by atoms with E-state index in [0.29, 0.717) is 5.69 Å². The van der Waals surface area contributed by atoms with Crippen LogP contribution in [-0.2, 0) is 10.0 Å². The second kappa shape index (κ2) is 5.95. The van der Waals surface area contributed by atoms with E-state index in [0.717, 1.165) is 10.0 Å². The van der Waals surface area contributed by atoms with Crippen molar-refractivity contribution in [1.82, 2.24) is 4.72 Å². The molecule has 0 amide bonds. The van der Waals surface area contributed by atoms with Crippen LogP contribution in [0.2, 0.25) is 0 Å². The zero-order chi connectivity index (χ0) is 14.8. The van der Waals surface area contributed by atoms with E-state index in [2.05, 4.69) is 20.7 Å². The van der Waals surface area contributed by atoms with E-state index in [1.54, 1.807) is 49.4 Å². The van der Waals surface area contributed by atoms with Crippen LogP contribution >= 0.6 is 15.9 Å². The van der Waals surface area contributed by atoms with Gasteiger partial charge in [0.1, 0.15) is 0 Å². The van der Waals surface area contributed by atoms with Gasteiger partial charge in [-0.15, -0.1) is 0 Å². The molecule has 6 heteroatoms. The fraction of sp³-hybridized carbons (Fsp3) is 0.143. The second-order valence-corrected chi connectivity index (χ2v) is 7.10. The van der Waals surface area contributed by atoms with E-state index in [9.17, 15) is 8.42 Å². The molecule has 0 spiro atoms. The lowest BCUT2D eigenvalue weighted by molar-refractivity contribution is 0.567. The topological polar surface area (TPSA) is 72.2 Å². The molecule has 0 aliphatic heterocycles. The smallest absolute Gasteiger partial charge is 0.241 e. The maximum Gasteiger partial charge on any atom is 0.241 e. The molecule has 106 valence electrons. The minimum absolute atomic E-state index is 0.233. The summed E-state index contributed by atoms with van der Waals surface area (Å²) in [5, 5.41) is 0. The zero-order valence-electron chi connectivity index (χ0n) is 10.9. The third-order valence-electron chi connectivity index (χ3n) is 2.87. The van der Waals surface area contributed by atoms with E-state index in [1.807, 2.05) is 6.07 Å². The van der Waals surface area contributed by atoms with Crippen LogP contribution in [0, 0.1) is 0 Å². The number of hydrogen-bond donors (Lipinski definition) is 2. The lowest BCUT2D eigenvalue weighted by Gasteiger charge is -2.15. The van der Waals surface area contributed by atoms with Crippen LogP contribution in [0.15, 0.2) is 57.9 Å². The van der Waals surface area contributed by atoms with Crippen molar-refractivity contribution in [3.8, 4) is 0 Å². The van der Waals surface area contributed by atoms with Gasteiger partial charge in [0, 0.05) is 16.2 Å². The summed E-state index contributed by atoms with van der Waals surface area (Å²) in [4.78, 5) is 0.233. The van der Waals surface area contributed by atoms with Crippen molar-refractivity contribution in [2.24, 2.45) is 0 Å². The Bertz CT molecular complexity index is 699. The molecule has 4 nitrogen and oxygen atoms in total. The van der Waals surface area contributed by atoms with Crippen molar-refractivity contribution in [2.75, 3.05) is 5.73 Å². The van der Waals surface area contributed by atoms with Crippen molar-refractivity contribution in [2.45, 2.75) is 17.9 Å². The van der Waals surface area contributed by atoms with Crippen molar-refractivity contribution in [3.63, 3.8) is 0 Å². The lowest BCUT2D eigenvalue weighted by atomic mass is 10.1. The highest BCUT2D eigenvalue weighted by Crippen LogP contribution is 2.20. The van der Waals surface area contributed by atoms with E-state index < -0.39 is 10.0 Å². The molecule has 0 fully saturated rings. The van der Waals surface area contributed by atoms with Gasteiger partial charge in [-0.3, -0.25) is 0 Å². The first kappa shape index (κ1) is 15.0. The first-order valence-electron chi connectivity index (χ1n) is 6.02. The largest absolute Gasteiger partial charge is 0.399 e. The molecule has 2 aromatic rings. The van der Waals surface area contributed by atoms with Crippen LogP contribution in [0.1, 0.15) is 18.5 Å². The third kappa shape index (κ3) is 3.59. The summed E-state index contributed by atoms with van der Waals surface area (Å²) >= 11 is 3.28. The molecular weight excluding hydrogens is 340 g/mol. The average Bonchev–Trinajstić information content (AvgIpc) is 2.38. The third-order valence-corrected chi connectivity index (χ3v) is 4.95. The van der Waals surface area contributed by atoms with Gasteiger partial charge in [0.25, 0.3) is 0 Å². The van der Waals surface area contributed by atoms with Gasteiger partial charge >= 0.3 is 0 Å². The Morgan fingerprint density at radius 3 is 2.40 bits per heavy atom. The number of rotatable bonds is 4.